The van der Waals surface area contributed by atoms with Crippen molar-refractivity contribution in [3.63, 3.8) is 0 Å². The first-order valence-corrected chi connectivity index (χ1v) is 9.49. The topological polar surface area (TPSA) is 32.5 Å². The van der Waals surface area contributed by atoms with Gasteiger partial charge >= 0.3 is 0 Å². The first-order chi connectivity index (χ1) is 13.1. The van der Waals surface area contributed by atoms with Gasteiger partial charge in [0, 0.05) is 36.2 Å². The van der Waals surface area contributed by atoms with Crippen LogP contribution in [0.5, 0.6) is 0 Å². The Labute approximate surface area is 159 Å². The van der Waals surface area contributed by atoms with Gasteiger partial charge in [-0.25, -0.2) is 4.98 Å². The highest BCUT2D eigenvalue weighted by Crippen LogP contribution is 2.39. The Balaban J connectivity index is 1.70. The van der Waals surface area contributed by atoms with Crippen LogP contribution in [0, 0.1) is 6.92 Å². The lowest BCUT2D eigenvalue weighted by atomic mass is 10.1. The molecule has 0 N–H and O–H groups in total. The number of aromatic nitrogens is 1. The Morgan fingerprint density at radius 2 is 1.89 bits per heavy atom. The van der Waals surface area contributed by atoms with Crippen LogP contribution in [0.2, 0.25) is 0 Å². The van der Waals surface area contributed by atoms with E-state index < -0.39 is 0 Å². The van der Waals surface area contributed by atoms with E-state index in [9.17, 15) is 0 Å². The summed E-state index contributed by atoms with van der Waals surface area (Å²) in [6, 6.07) is 17.1. The molecule has 1 unspecified atom stereocenters. The lowest BCUT2D eigenvalue weighted by molar-refractivity contribution is 0.618. The average Bonchev–Trinajstić information content (AvgIpc) is 3.02. The quantitative estimate of drug-likeness (QED) is 0.472. The maximum Gasteiger partial charge on any atom is 0.227 e. The highest BCUT2D eigenvalue weighted by Gasteiger charge is 2.28. The summed E-state index contributed by atoms with van der Waals surface area (Å²) in [7, 11) is 2.18. The van der Waals surface area contributed by atoms with Crippen molar-refractivity contribution >= 4 is 33.4 Å². The molecule has 1 aliphatic heterocycles. The Bertz CT molecular complexity index is 1150. The summed E-state index contributed by atoms with van der Waals surface area (Å²) in [6.07, 6.45) is 3.02. The minimum absolute atomic E-state index is 0.221. The van der Waals surface area contributed by atoms with Gasteiger partial charge in [0.2, 0.25) is 5.71 Å². The largest absolute Gasteiger partial charge is 0.436 e. The summed E-state index contributed by atoms with van der Waals surface area (Å²) >= 11 is 0. The fourth-order valence-electron chi connectivity index (χ4n) is 4.32. The van der Waals surface area contributed by atoms with Gasteiger partial charge in [0.25, 0.3) is 0 Å². The number of benzene rings is 2. The minimum Gasteiger partial charge on any atom is -0.436 e. The molecule has 4 nitrogen and oxygen atoms in total. The predicted molar refractivity (Wildman–Crippen MR) is 112 cm³/mol. The van der Waals surface area contributed by atoms with Gasteiger partial charge in [-0.15, -0.1) is 0 Å². The zero-order chi connectivity index (χ0) is 18.5. The van der Waals surface area contributed by atoms with Crippen molar-refractivity contribution in [2.75, 3.05) is 23.4 Å². The Morgan fingerprint density at radius 3 is 2.78 bits per heavy atom. The first-order valence-electron chi connectivity index (χ1n) is 9.49. The van der Waals surface area contributed by atoms with Crippen molar-refractivity contribution in [3.05, 3.63) is 65.9 Å². The summed E-state index contributed by atoms with van der Waals surface area (Å²) in [5, 5.41) is 2.21. The van der Waals surface area contributed by atoms with Crippen molar-refractivity contribution in [2.45, 2.75) is 26.4 Å². The van der Waals surface area contributed by atoms with E-state index in [4.69, 9.17) is 4.42 Å². The Kier molecular flexibility index (Phi) is 3.61. The molecule has 3 heterocycles. The maximum atomic E-state index is 6.25. The Morgan fingerprint density at radius 1 is 1.04 bits per heavy atom. The summed E-state index contributed by atoms with van der Waals surface area (Å²) < 4.78 is 6.25. The fraction of sp³-hybridized carbons (Fsp3) is 0.261. The third-order valence-corrected chi connectivity index (χ3v) is 5.89. The lowest BCUT2D eigenvalue weighted by Gasteiger charge is -2.36. The van der Waals surface area contributed by atoms with Gasteiger partial charge in [-0.05, 0) is 49.6 Å². The van der Waals surface area contributed by atoms with Crippen LogP contribution >= 0.6 is 0 Å². The highest BCUT2D eigenvalue weighted by molar-refractivity contribution is 6.08. The molecule has 0 amide bonds. The second-order valence-electron chi connectivity index (χ2n) is 7.38. The third kappa shape index (κ3) is 2.40. The molecule has 1 atom stereocenters. The zero-order valence-corrected chi connectivity index (χ0v) is 15.9. The number of furan rings is 1. The molecule has 2 aromatic heterocycles. The maximum absolute atomic E-state index is 6.25. The van der Waals surface area contributed by atoms with Crippen LogP contribution in [0.15, 0.2) is 59.1 Å². The van der Waals surface area contributed by atoms with E-state index in [1.165, 1.54) is 22.5 Å². The van der Waals surface area contributed by atoms with E-state index in [2.05, 4.69) is 78.1 Å². The molecule has 0 radical (unpaired) electrons. The molecule has 1 aliphatic rings. The minimum atomic E-state index is 0.221. The number of rotatable bonds is 1. The smallest absolute Gasteiger partial charge is 0.227 e. The molecule has 4 heteroatoms. The normalized spacial score (nSPS) is 17.4. The van der Waals surface area contributed by atoms with E-state index >= 15 is 0 Å². The van der Waals surface area contributed by atoms with E-state index in [0.717, 1.165) is 29.3 Å². The van der Waals surface area contributed by atoms with Crippen LogP contribution in [0.25, 0.3) is 22.1 Å². The van der Waals surface area contributed by atoms with Crippen molar-refractivity contribution in [3.8, 4) is 0 Å². The number of aryl methyl sites for hydroxylation is 1. The Hall–Kier alpha value is -3.01. The van der Waals surface area contributed by atoms with Gasteiger partial charge in [0.1, 0.15) is 0 Å². The molecule has 136 valence electrons. The number of hydrogen-bond donors (Lipinski definition) is 0. The number of para-hydroxylation sites is 1. The third-order valence-electron chi connectivity index (χ3n) is 5.89. The molecule has 27 heavy (non-hydrogen) atoms. The molecular formula is C23H23N3O. The van der Waals surface area contributed by atoms with Gasteiger partial charge in [-0.2, -0.15) is 0 Å². The van der Waals surface area contributed by atoms with Crippen LogP contribution in [-0.4, -0.2) is 24.7 Å². The lowest BCUT2D eigenvalue weighted by Crippen LogP contribution is -2.44. The van der Waals surface area contributed by atoms with Crippen LogP contribution in [0.4, 0.5) is 11.4 Å². The molecular weight excluding hydrogens is 334 g/mol. The van der Waals surface area contributed by atoms with E-state index in [1.807, 2.05) is 6.07 Å². The van der Waals surface area contributed by atoms with Gasteiger partial charge in [0.05, 0.1) is 11.9 Å². The highest BCUT2D eigenvalue weighted by atomic mass is 16.3. The number of nitrogens with zero attached hydrogens (tertiary/aromatic N) is 3. The molecule has 0 saturated heterocycles. The molecule has 4 aromatic rings. The van der Waals surface area contributed by atoms with E-state index in [1.54, 1.807) is 6.20 Å². The second-order valence-corrected chi connectivity index (χ2v) is 7.38. The standard InChI is InChI=1S/C23H23N3O/c1-15-10-11-18-19-8-6-13-24-23(19)27-22(18)21(15)26-14-12-17-7-4-5-9-20(17)25(3)16(26)2/h4-11,13,16H,12,14H2,1-3H3. The van der Waals surface area contributed by atoms with Crippen molar-refractivity contribution in [1.82, 2.24) is 4.98 Å². The van der Waals surface area contributed by atoms with Gasteiger partial charge in [-0.1, -0.05) is 30.3 Å². The molecule has 2 aromatic carbocycles. The molecule has 0 saturated carbocycles. The zero-order valence-electron chi connectivity index (χ0n) is 15.9. The van der Waals surface area contributed by atoms with Crippen LogP contribution in [-0.2, 0) is 6.42 Å². The second kappa shape index (κ2) is 6.02. The predicted octanol–water partition coefficient (Wildman–Crippen LogP) is 5.13. The number of hydrogen-bond acceptors (Lipinski definition) is 4. The van der Waals surface area contributed by atoms with Crippen molar-refractivity contribution < 1.29 is 4.42 Å². The van der Waals surface area contributed by atoms with Crippen molar-refractivity contribution in [2.24, 2.45) is 0 Å². The summed E-state index contributed by atoms with van der Waals surface area (Å²) in [5.74, 6) is 0. The molecule has 0 spiro atoms. The van der Waals surface area contributed by atoms with Gasteiger partial charge in [-0.3, -0.25) is 0 Å². The molecule has 0 fully saturated rings. The first kappa shape index (κ1) is 16.2. The number of fused-ring (bicyclic) bond motifs is 4. The number of pyridine rings is 1. The fourth-order valence-corrected chi connectivity index (χ4v) is 4.32. The van der Waals surface area contributed by atoms with E-state index in [-0.39, 0.29) is 6.17 Å². The van der Waals surface area contributed by atoms with Crippen LogP contribution in [0.1, 0.15) is 18.1 Å². The molecule has 0 aliphatic carbocycles. The summed E-state index contributed by atoms with van der Waals surface area (Å²) in [4.78, 5) is 9.26. The van der Waals surface area contributed by atoms with Crippen LogP contribution < -0.4 is 9.80 Å². The van der Waals surface area contributed by atoms with Crippen molar-refractivity contribution in [1.29, 1.82) is 0 Å². The summed E-state index contributed by atoms with van der Waals surface area (Å²) in [6.45, 7) is 5.38. The van der Waals surface area contributed by atoms with Crippen LogP contribution in [0.3, 0.4) is 0 Å². The SMILES string of the molecule is Cc1ccc2c(oc3ncccc32)c1N1CCc2ccccc2N(C)C1C. The van der Waals surface area contributed by atoms with Gasteiger partial charge in [0.15, 0.2) is 5.58 Å². The summed E-state index contributed by atoms with van der Waals surface area (Å²) in [5.41, 5.74) is 6.76. The van der Waals surface area contributed by atoms with Gasteiger partial charge < -0.3 is 14.2 Å². The van der Waals surface area contributed by atoms with E-state index in [0.29, 0.717) is 5.71 Å². The molecule has 0 bridgehead atoms. The monoisotopic (exact) mass is 357 g/mol. The average molecular weight is 357 g/mol. The number of anilines is 2. The molecule has 5 rings (SSSR count).